The summed E-state index contributed by atoms with van der Waals surface area (Å²) in [6.45, 7) is 1.26. The van der Waals surface area contributed by atoms with Crippen LogP contribution in [-0.2, 0) is 7.05 Å². The molecule has 1 saturated heterocycles. The highest BCUT2D eigenvalue weighted by atomic mass is 16.2. The summed E-state index contributed by atoms with van der Waals surface area (Å²) in [5.41, 5.74) is 2.87. The maximum atomic E-state index is 12.7. The van der Waals surface area contributed by atoms with Crippen LogP contribution in [0.25, 0.3) is 10.9 Å². The number of carbonyl (C=O) groups excluding carboxylic acids is 2. The van der Waals surface area contributed by atoms with Gasteiger partial charge in [-0.05, 0) is 18.6 Å². The number of hydrogen-bond donors (Lipinski definition) is 1. The number of nitrogens with zero attached hydrogens (tertiary/aromatic N) is 4. The van der Waals surface area contributed by atoms with E-state index in [-0.39, 0.29) is 17.7 Å². The van der Waals surface area contributed by atoms with Gasteiger partial charge in [0.1, 0.15) is 0 Å². The minimum absolute atomic E-state index is 0.0158. The Morgan fingerprint density at radius 1 is 1.26 bits per heavy atom. The van der Waals surface area contributed by atoms with Gasteiger partial charge in [0, 0.05) is 50.4 Å². The van der Waals surface area contributed by atoms with Crippen molar-refractivity contribution in [1.82, 2.24) is 25.0 Å². The quantitative estimate of drug-likeness (QED) is 0.771. The first kappa shape index (κ1) is 17.2. The molecular weight excluding hydrogens is 342 g/mol. The van der Waals surface area contributed by atoms with Crippen LogP contribution in [0.4, 0.5) is 0 Å². The van der Waals surface area contributed by atoms with E-state index in [1.165, 1.54) is 0 Å². The minimum atomic E-state index is -0.129. The first-order valence-corrected chi connectivity index (χ1v) is 8.96. The number of hydrogen-bond acceptors (Lipinski definition) is 4. The Morgan fingerprint density at radius 3 is 2.81 bits per heavy atom. The van der Waals surface area contributed by atoms with Gasteiger partial charge in [-0.15, -0.1) is 0 Å². The summed E-state index contributed by atoms with van der Waals surface area (Å²) in [7, 11) is 3.42. The summed E-state index contributed by atoms with van der Waals surface area (Å²) in [6.07, 6.45) is 4.14. The van der Waals surface area contributed by atoms with Crippen LogP contribution < -0.4 is 5.32 Å². The van der Waals surface area contributed by atoms with Gasteiger partial charge < -0.3 is 10.2 Å². The Hall–Kier alpha value is -3.22. The molecule has 1 aliphatic heterocycles. The third-order valence-corrected chi connectivity index (χ3v) is 5.05. The molecule has 3 aromatic rings. The Labute approximate surface area is 157 Å². The number of fused-ring (bicyclic) bond motifs is 1. The van der Waals surface area contributed by atoms with E-state index in [0.29, 0.717) is 24.2 Å². The van der Waals surface area contributed by atoms with Crippen molar-refractivity contribution < 1.29 is 9.59 Å². The predicted molar refractivity (Wildman–Crippen MR) is 102 cm³/mol. The van der Waals surface area contributed by atoms with E-state index in [2.05, 4.69) is 10.4 Å². The molecule has 2 aromatic heterocycles. The standard InChI is InChI=1S/C20H21N5O2/c1-21-19(26)16-9-18(23-17-6-4-3-5-15(16)17)13-7-8-25(12-13)20(27)14-10-22-24(2)11-14/h3-6,9-11,13H,7-8,12H2,1-2H3,(H,21,26)/t13-/m1/s1. The molecule has 2 amide bonds. The predicted octanol–water partition coefficient (Wildman–Crippen LogP) is 1.96. The lowest BCUT2D eigenvalue weighted by atomic mass is 9.99. The monoisotopic (exact) mass is 363 g/mol. The maximum Gasteiger partial charge on any atom is 0.257 e. The zero-order valence-electron chi connectivity index (χ0n) is 15.3. The van der Waals surface area contributed by atoms with Crippen LogP contribution in [0.15, 0.2) is 42.7 Å². The SMILES string of the molecule is CNC(=O)c1cc([C@@H]2CCN(C(=O)c3cnn(C)c3)C2)nc2ccccc12. The van der Waals surface area contributed by atoms with Gasteiger partial charge >= 0.3 is 0 Å². The van der Waals surface area contributed by atoms with Gasteiger partial charge in [-0.2, -0.15) is 5.10 Å². The number of benzene rings is 1. The largest absolute Gasteiger partial charge is 0.355 e. The van der Waals surface area contributed by atoms with Crippen LogP contribution in [0.3, 0.4) is 0 Å². The van der Waals surface area contributed by atoms with Crippen molar-refractivity contribution >= 4 is 22.7 Å². The van der Waals surface area contributed by atoms with Gasteiger partial charge in [0.05, 0.1) is 22.8 Å². The molecule has 4 rings (SSSR count). The number of aryl methyl sites for hydroxylation is 1. The van der Waals surface area contributed by atoms with E-state index in [4.69, 9.17) is 4.98 Å². The number of para-hydroxylation sites is 1. The van der Waals surface area contributed by atoms with Crippen LogP contribution in [0.2, 0.25) is 0 Å². The van der Waals surface area contributed by atoms with E-state index in [1.54, 1.807) is 31.2 Å². The van der Waals surface area contributed by atoms with Crippen molar-refractivity contribution in [3.05, 3.63) is 59.5 Å². The number of amides is 2. The van der Waals surface area contributed by atoms with Crippen LogP contribution in [0, 0.1) is 0 Å². The fourth-order valence-electron chi connectivity index (χ4n) is 3.63. The molecule has 7 nitrogen and oxygen atoms in total. The van der Waals surface area contributed by atoms with Crippen LogP contribution >= 0.6 is 0 Å². The molecule has 1 fully saturated rings. The molecule has 0 bridgehead atoms. The molecule has 1 aromatic carbocycles. The van der Waals surface area contributed by atoms with Crippen molar-refractivity contribution in [2.24, 2.45) is 7.05 Å². The van der Waals surface area contributed by atoms with E-state index in [9.17, 15) is 9.59 Å². The lowest BCUT2D eigenvalue weighted by Gasteiger charge is -2.16. The van der Waals surface area contributed by atoms with Crippen LogP contribution in [0.5, 0.6) is 0 Å². The van der Waals surface area contributed by atoms with Gasteiger partial charge in [0.2, 0.25) is 0 Å². The second kappa shape index (κ2) is 6.83. The summed E-state index contributed by atoms with van der Waals surface area (Å²) in [5, 5.41) is 7.61. The Bertz CT molecular complexity index is 1030. The molecule has 0 spiro atoms. The zero-order chi connectivity index (χ0) is 19.0. The molecule has 1 N–H and O–H groups in total. The topological polar surface area (TPSA) is 80.1 Å². The number of nitrogens with one attached hydrogen (secondary N) is 1. The number of aromatic nitrogens is 3. The second-order valence-corrected chi connectivity index (χ2v) is 6.83. The van der Waals surface area contributed by atoms with Crippen molar-refractivity contribution in [2.45, 2.75) is 12.3 Å². The lowest BCUT2D eigenvalue weighted by molar-refractivity contribution is 0.0790. The van der Waals surface area contributed by atoms with Crippen LogP contribution in [-0.4, -0.2) is 51.6 Å². The third-order valence-electron chi connectivity index (χ3n) is 5.05. The van der Waals surface area contributed by atoms with Crippen molar-refractivity contribution in [3.8, 4) is 0 Å². The second-order valence-electron chi connectivity index (χ2n) is 6.83. The molecule has 3 heterocycles. The number of pyridine rings is 1. The smallest absolute Gasteiger partial charge is 0.257 e. The van der Waals surface area contributed by atoms with Gasteiger partial charge in [0.15, 0.2) is 0 Å². The molecule has 0 unspecified atom stereocenters. The fraction of sp³-hybridized carbons (Fsp3) is 0.300. The molecule has 138 valence electrons. The summed E-state index contributed by atoms with van der Waals surface area (Å²) >= 11 is 0. The normalized spacial score (nSPS) is 16.7. The molecule has 1 atom stereocenters. The van der Waals surface area contributed by atoms with Gasteiger partial charge in [-0.3, -0.25) is 19.3 Å². The van der Waals surface area contributed by atoms with E-state index < -0.39 is 0 Å². The first-order valence-electron chi connectivity index (χ1n) is 8.96. The Balaban J connectivity index is 1.63. The molecule has 1 aliphatic rings. The summed E-state index contributed by atoms with van der Waals surface area (Å²) in [5.74, 6) is -0.0345. The molecule has 0 aliphatic carbocycles. The van der Waals surface area contributed by atoms with Crippen molar-refractivity contribution in [3.63, 3.8) is 0 Å². The zero-order valence-corrected chi connectivity index (χ0v) is 15.3. The minimum Gasteiger partial charge on any atom is -0.355 e. The van der Waals surface area contributed by atoms with Gasteiger partial charge in [0.25, 0.3) is 11.8 Å². The van der Waals surface area contributed by atoms with Gasteiger partial charge in [-0.25, -0.2) is 0 Å². The Kier molecular flexibility index (Phi) is 4.35. The molecule has 0 radical (unpaired) electrons. The van der Waals surface area contributed by atoms with E-state index in [1.807, 2.05) is 35.2 Å². The molecule has 0 saturated carbocycles. The lowest BCUT2D eigenvalue weighted by Crippen LogP contribution is -2.28. The third kappa shape index (κ3) is 3.16. The highest BCUT2D eigenvalue weighted by molar-refractivity contribution is 6.06. The number of rotatable bonds is 3. The van der Waals surface area contributed by atoms with Crippen LogP contribution in [0.1, 0.15) is 38.7 Å². The number of carbonyl (C=O) groups is 2. The average Bonchev–Trinajstić information content (AvgIpc) is 3.35. The number of likely N-dealkylation sites (tertiary alicyclic amines) is 1. The van der Waals surface area contributed by atoms with Gasteiger partial charge in [-0.1, -0.05) is 18.2 Å². The van der Waals surface area contributed by atoms with E-state index in [0.717, 1.165) is 23.0 Å². The molecule has 27 heavy (non-hydrogen) atoms. The summed E-state index contributed by atoms with van der Waals surface area (Å²) in [4.78, 5) is 31.6. The molecule has 7 heteroatoms. The maximum absolute atomic E-state index is 12.7. The van der Waals surface area contributed by atoms with E-state index >= 15 is 0 Å². The summed E-state index contributed by atoms with van der Waals surface area (Å²) < 4.78 is 1.63. The average molecular weight is 363 g/mol. The first-order chi connectivity index (χ1) is 13.1. The fourth-order valence-corrected chi connectivity index (χ4v) is 3.63. The van der Waals surface area contributed by atoms with Crippen molar-refractivity contribution in [2.75, 3.05) is 20.1 Å². The highest BCUT2D eigenvalue weighted by Gasteiger charge is 2.30. The Morgan fingerprint density at radius 2 is 2.07 bits per heavy atom. The highest BCUT2D eigenvalue weighted by Crippen LogP contribution is 2.30. The summed E-state index contributed by atoms with van der Waals surface area (Å²) in [6, 6.07) is 9.51. The van der Waals surface area contributed by atoms with Crippen molar-refractivity contribution in [1.29, 1.82) is 0 Å². The molecular formula is C20H21N5O2.